The van der Waals surface area contributed by atoms with Gasteiger partial charge in [-0.1, -0.05) is 66.2 Å². The van der Waals surface area contributed by atoms with Crippen molar-refractivity contribution in [2.75, 3.05) is 6.54 Å². The van der Waals surface area contributed by atoms with Crippen LogP contribution in [0.2, 0.25) is 5.02 Å². The van der Waals surface area contributed by atoms with E-state index in [-0.39, 0.29) is 5.82 Å². The van der Waals surface area contributed by atoms with E-state index in [1.54, 1.807) is 16.8 Å². The van der Waals surface area contributed by atoms with Gasteiger partial charge in [0.2, 0.25) is 4.80 Å². The maximum atomic E-state index is 14.5. The molecule has 0 radical (unpaired) electrons. The Morgan fingerprint density at radius 2 is 1.68 bits per heavy atom. The van der Waals surface area contributed by atoms with Crippen molar-refractivity contribution in [1.29, 1.82) is 0 Å². The van der Waals surface area contributed by atoms with E-state index in [1.165, 1.54) is 23.0 Å². The number of hydrogen-bond acceptors (Lipinski definition) is 3. The van der Waals surface area contributed by atoms with E-state index in [0.29, 0.717) is 22.8 Å². The fourth-order valence-corrected chi connectivity index (χ4v) is 4.16. The highest BCUT2D eigenvalue weighted by atomic mass is 35.5. The summed E-state index contributed by atoms with van der Waals surface area (Å²) < 4.78 is 16.3. The number of rotatable bonds is 6. The molecular formula is C25H21ClFN3S. The van der Waals surface area contributed by atoms with Crippen molar-refractivity contribution in [2.45, 2.75) is 13.3 Å². The Bertz CT molecular complexity index is 1260. The van der Waals surface area contributed by atoms with Gasteiger partial charge in [-0.25, -0.2) is 9.07 Å². The van der Waals surface area contributed by atoms with Crippen LogP contribution in [0.3, 0.4) is 0 Å². The first kappa shape index (κ1) is 21.2. The lowest BCUT2D eigenvalue weighted by Crippen LogP contribution is -2.15. The van der Waals surface area contributed by atoms with Crippen molar-refractivity contribution in [3.63, 3.8) is 0 Å². The minimum absolute atomic E-state index is 0.288. The molecule has 0 aliphatic rings. The molecule has 156 valence electrons. The van der Waals surface area contributed by atoms with Gasteiger partial charge in [0.05, 0.1) is 11.4 Å². The van der Waals surface area contributed by atoms with E-state index >= 15 is 0 Å². The van der Waals surface area contributed by atoms with Crippen molar-refractivity contribution in [1.82, 2.24) is 4.68 Å². The summed E-state index contributed by atoms with van der Waals surface area (Å²) >= 11 is 7.47. The Hall–Kier alpha value is -3.02. The van der Waals surface area contributed by atoms with Gasteiger partial charge < -0.3 is 0 Å². The molecule has 6 heteroatoms. The molecule has 1 heterocycles. The Morgan fingerprint density at radius 1 is 0.968 bits per heavy atom. The van der Waals surface area contributed by atoms with Crippen molar-refractivity contribution in [2.24, 2.45) is 10.1 Å². The molecule has 0 fully saturated rings. The quantitative estimate of drug-likeness (QED) is 0.304. The predicted octanol–water partition coefficient (Wildman–Crippen LogP) is 6.42. The Kier molecular flexibility index (Phi) is 6.75. The molecule has 0 saturated heterocycles. The summed E-state index contributed by atoms with van der Waals surface area (Å²) in [6.07, 6.45) is 0.827. The van der Waals surface area contributed by atoms with Crippen LogP contribution in [0.15, 0.2) is 94.3 Å². The summed E-state index contributed by atoms with van der Waals surface area (Å²) in [5.41, 5.74) is 4.13. The van der Waals surface area contributed by atoms with Gasteiger partial charge in [0, 0.05) is 22.5 Å². The second kappa shape index (κ2) is 9.86. The summed E-state index contributed by atoms with van der Waals surface area (Å²) in [5, 5.41) is 7.37. The zero-order valence-corrected chi connectivity index (χ0v) is 18.6. The van der Waals surface area contributed by atoms with Gasteiger partial charge in [0.1, 0.15) is 5.82 Å². The molecule has 3 aromatic carbocycles. The van der Waals surface area contributed by atoms with E-state index < -0.39 is 0 Å². The smallest absolute Gasteiger partial charge is 0.206 e. The number of halogens is 2. The third-order valence-electron chi connectivity index (χ3n) is 4.84. The van der Waals surface area contributed by atoms with Gasteiger partial charge in [-0.3, -0.25) is 4.99 Å². The van der Waals surface area contributed by atoms with Crippen LogP contribution in [-0.2, 0) is 6.42 Å². The molecule has 1 aromatic heterocycles. The minimum atomic E-state index is -0.288. The largest absolute Gasteiger partial charge is 0.257 e. The Labute approximate surface area is 189 Å². The maximum Gasteiger partial charge on any atom is 0.206 e. The second-order valence-corrected chi connectivity index (χ2v) is 8.28. The molecule has 0 bridgehead atoms. The number of nitrogens with zero attached hydrogens (tertiary/aromatic N) is 3. The average Bonchev–Trinajstić information content (AvgIpc) is 3.17. The van der Waals surface area contributed by atoms with Crippen LogP contribution in [0.1, 0.15) is 18.1 Å². The SMILES string of the molecule is C/C(=N\n1c(-c2ccccc2F)csc1=NCCc1ccccc1)c1ccc(Cl)cc1. The average molecular weight is 450 g/mol. The fraction of sp³-hybridized carbons (Fsp3) is 0.120. The van der Waals surface area contributed by atoms with Gasteiger partial charge in [0.15, 0.2) is 0 Å². The molecule has 0 amide bonds. The van der Waals surface area contributed by atoms with Crippen LogP contribution in [-0.4, -0.2) is 16.9 Å². The first-order valence-electron chi connectivity index (χ1n) is 9.93. The predicted molar refractivity (Wildman–Crippen MR) is 127 cm³/mol. The summed E-state index contributed by atoms with van der Waals surface area (Å²) in [7, 11) is 0. The van der Waals surface area contributed by atoms with Crippen LogP contribution in [0, 0.1) is 5.82 Å². The van der Waals surface area contributed by atoms with E-state index in [0.717, 1.165) is 22.5 Å². The van der Waals surface area contributed by atoms with Gasteiger partial charge in [-0.2, -0.15) is 5.10 Å². The Balaban J connectivity index is 1.75. The van der Waals surface area contributed by atoms with Gasteiger partial charge in [0.25, 0.3) is 0 Å². The van der Waals surface area contributed by atoms with Crippen LogP contribution in [0.5, 0.6) is 0 Å². The summed E-state index contributed by atoms with van der Waals surface area (Å²) in [6, 6.07) is 24.5. The highest BCUT2D eigenvalue weighted by Gasteiger charge is 2.12. The highest BCUT2D eigenvalue weighted by Crippen LogP contribution is 2.23. The molecule has 0 saturated carbocycles. The van der Waals surface area contributed by atoms with Gasteiger partial charge in [-0.05, 0) is 48.7 Å². The molecule has 3 nitrogen and oxygen atoms in total. The molecule has 0 atom stereocenters. The number of benzene rings is 3. The lowest BCUT2D eigenvalue weighted by molar-refractivity contribution is 0.629. The third kappa shape index (κ3) is 5.19. The molecule has 0 unspecified atom stereocenters. The molecule has 0 spiro atoms. The molecule has 4 rings (SSSR count). The lowest BCUT2D eigenvalue weighted by Gasteiger charge is -2.07. The molecule has 4 aromatic rings. The fourth-order valence-electron chi connectivity index (χ4n) is 3.18. The van der Waals surface area contributed by atoms with E-state index in [4.69, 9.17) is 21.7 Å². The summed E-state index contributed by atoms with van der Waals surface area (Å²) in [5.74, 6) is -0.288. The van der Waals surface area contributed by atoms with Crippen molar-refractivity contribution in [3.8, 4) is 11.3 Å². The van der Waals surface area contributed by atoms with Crippen LogP contribution < -0.4 is 4.80 Å². The molecule has 31 heavy (non-hydrogen) atoms. The van der Waals surface area contributed by atoms with Crippen molar-refractivity contribution >= 4 is 28.6 Å². The molecule has 0 aliphatic carbocycles. The summed E-state index contributed by atoms with van der Waals surface area (Å²) in [6.45, 7) is 2.55. The monoisotopic (exact) mass is 449 g/mol. The first-order valence-corrected chi connectivity index (χ1v) is 11.2. The van der Waals surface area contributed by atoms with E-state index in [1.807, 2.05) is 60.8 Å². The van der Waals surface area contributed by atoms with Crippen LogP contribution in [0.25, 0.3) is 11.3 Å². The van der Waals surface area contributed by atoms with Crippen LogP contribution >= 0.6 is 22.9 Å². The number of hydrogen-bond donors (Lipinski definition) is 0. The summed E-state index contributed by atoms with van der Waals surface area (Å²) in [4.78, 5) is 5.49. The topological polar surface area (TPSA) is 29.6 Å². The molecular weight excluding hydrogens is 429 g/mol. The number of aromatic nitrogens is 1. The first-order chi connectivity index (χ1) is 15.1. The molecule has 0 N–H and O–H groups in total. The zero-order valence-electron chi connectivity index (χ0n) is 17.0. The highest BCUT2D eigenvalue weighted by molar-refractivity contribution is 7.07. The lowest BCUT2D eigenvalue weighted by atomic mass is 10.1. The standard InChI is InChI=1S/C25H21ClFN3S/c1-18(20-11-13-21(26)14-12-20)29-30-24(22-9-5-6-10-23(22)27)17-31-25(30)28-16-15-19-7-3-2-4-8-19/h2-14,17H,15-16H2,1H3/b28-25?,29-18+. The minimum Gasteiger partial charge on any atom is -0.257 e. The normalized spacial score (nSPS) is 12.4. The van der Waals surface area contributed by atoms with E-state index in [9.17, 15) is 4.39 Å². The second-order valence-electron chi connectivity index (χ2n) is 7.00. The van der Waals surface area contributed by atoms with Crippen molar-refractivity contribution in [3.05, 3.63) is 111 Å². The van der Waals surface area contributed by atoms with Gasteiger partial charge in [-0.15, -0.1) is 11.3 Å². The maximum absolute atomic E-state index is 14.5. The Morgan fingerprint density at radius 3 is 2.42 bits per heavy atom. The van der Waals surface area contributed by atoms with Crippen molar-refractivity contribution < 1.29 is 4.39 Å². The molecule has 0 aliphatic heterocycles. The van der Waals surface area contributed by atoms with E-state index in [2.05, 4.69) is 12.1 Å². The van der Waals surface area contributed by atoms with Gasteiger partial charge >= 0.3 is 0 Å². The zero-order chi connectivity index (χ0) is 21.6. The third-order valence-corrected chi connectivity index (χ3v) is 5.94. The van der Waals surface area contributed by atoms with Crippen LogP contribution in [0.4, 0.5) is 4.39 Å². The number of thiazole rings is 1.